The standard InChI is InChI=1S/C18H24O5S/c1-12-3-5-14(6-4-12)24(19,20)23-17-13(2)11-16-15(17)7-8-18(16)21-9-10-22-18/h3-6,13,15-17H,7-11H2,1-2H3/t13-,15-,16-,17-/m0/s1. The Morgan fingerprint density at radius 3 is 2.50 bits per heavy atom. The first-order valence-corrected chi connectivity index (χ1v) is 10.1. The lowest BCUT2D eigenvalue weighted by molar-refractivity contribution is -0.184. The van der Waals surface area contributed by atoms with Crippen LogP contribution < -0.4 is 0 Å². The van der Waals surface area contributed by atoms with Gasteiger partial charge in [-0.15, -0.1) is 0 Å². The Hall–Kier alpha value is -0.950. The molecular formula is C18H24O5S. The van der Waals surface area contributed by atoms with E-state index in [-0.39, 0.29) is 28.8 Å². The van der Waals surface area contributed by atoms with E-state index in [0.29, 0.717) is 13.2 Å². The fourth-order valence-electron chi connectivity index (χ4n) is 4.69. The van der Waals surface area contributed by atoms with Crippen molar-refractivity contribution < 1.29 is 22.1 Å². The minimum atomic E-state index is -3.75. The van der Waals surface area contributed by atoms with Crippen LogP contribution in [0, 0.1) is 24.7 Å². The van der Waals surface area contributed by atoms with Crippen molar-refractivity contribution in [3.8, 4) is 0 Å². The molecule has 0 N–H and O–H groups in total. The Morgan fingerprint density at radius 2 is 1.83 bits per heavy atom. The van der Waals surface area contributed by atoms with Crippen LogP contribution in [-0.4, -0.2) is 33.5 Å². The van der Waals surface area contributed by atoms with Crippen LogP contribution in [0.25, 0.3) is 0 Å². The first kappa shape index (κ1) is 16.5. The van der Waals surface area contributed by atoms with E-state index in [1.807, 2.05) is 6.92 Å². The first-order valence-electron chi connectivity index (χ1n) is 8.69. The van der Waals surface area contributed by atoms with Crippen LogP contribution >= 0.6 is 0 Å². The number of rotatable bonds is 3. The maximum absolute atomic E-state index is 12.7. The molecule has 1 spiro atoms. The van der Waals surface area contributed by atoms with Crippen molar-refractivity contribution >= 4 is 10.1 Å². The van der Waals surface area contributed by atoms with Gasteiger partial charge in [-0.3, -0.25) is 4.18 Å². The highest BCUT2D eigenvalue weighted by Crippen LogP contribution is 2.56. The molecule has 0 bridgehead atoms. The van der Waals surface area contributed by atoms with E-state index in [4.69, 9.17) is 13.7 Å². The molecule has 2 aliphatic carbocycles. The molecule has 1 aliphatic heterocycles. The summed E-state index contributed by atoms with van der Waals surface area (Å²) < 4.78 is 42.9. The van der Waals surface area contributed by atoms with Gasteiger partial charge in [-0.1, -0.05) is 24.6 Å². The molecule has 3 fully saturated rings. The molecule has 0 aromatic heterocycles. The van der Waals surface area contributed by atoms with Crippen LogP contribution in [0.3, 0.4) is 0 Å². The second-order valence-electron chi connectivity index (χ2n) is 7.36. The van der Waals surface area contributed by atoms with Crippen molar-refractivity contribution in [1.82, 2.24) is 0 Å². The van der Waals surface area contributed by atoms with Crippen LogP contribution in [0.2, 0.25) is 0 Å². The van der Waals surface area contributed by atoms with Crippen molar-refractivity contribution in [2.45, 2.75) is 49.9 Å². The van der Waals surface area contributed by atoms with Crippen LogP contribution in [-0.2, 0) is 23.8 Å². The molecule has 4 atom stereocenters. The predicted molar refractivity (Wildman–Crippen MR) is 87.9 cm³/mol. The van der Waals surface area contributed by atoms with Crippen molar-refractivity contribution in [2.24, 2.45) is 17.8 Å². The molecule has 0 amide bonds. The molecule has 1 heterocycles. The van der Waals surface area contributed by atoms with Gasteiger partial charge in [0.1, 0.15) is 0 Å². The monoisotopic (exact) mass is 352 g/mol. The Bertz CT molecular complexity index is 705. The summed E-state index contributed by atoms with van der Waals surface area (Å²) in [6, 6.07) is 6.81. The predicted octanol–water partition coefficient (Wildman–Crippen LogP) is 2.88. The lowest BCUT2D eigenvalue weighted by Crippen LogP contribution is -2.35. The van der Waals surface area contributed by atoms with Gasteiger partial charge >= 0.3 is 0 Å². The van der Waals surface area contributed by atoms with E-state index in [1.165, 1.54) is 0 Å². The smallest absolute Gasteiger partial charge is 0.297 e. The van der Waals surface area contributed by atoms with Crippen LogP contribution in [0.4, 0.5) is 0 Å². The fourth-order valence-corrected chi connectivity index (χ4v) is 5.89. The van der Waals surface area contributed by atoms with E-state index < -0.39 is 15.9 Å². The SMILES string of the molecule is Cc1ccc(S(=O)(=O)O[C@@H]2[C@H]3CCC4(OCCO4)[C@H]3C[C@@H]2C)cc1. The quantitative estimate of drug-likeness (QED) is 0.783. The molecule has 1 saturated heterocycles. The van der Waals surface area contributed by atoms with Gasteiger partial charge in [0.15, 0.2) is 5.79 Å². The molecule has 1 aromatic rings. The molecule has 0 radical (unpaired) electrons. The number of benzene rings is 1. The Kier molecular flexibility index (Phi) is 3.99. The number of hydrogen-bond acceptors (Lipinski definition) is 5. The molecular weight excluding hydrogens is 328 g/mol. The third-order valence-corrected chi connectivity index (χ3v) is 7.17. The summed E-state index contributed by atoms with van der Waals surface area (Å²) in [5.74, 6) is 0.0849. The number of hydrogen-bond donors (Lipinski definition) is 0. The highest BCUT2D eigenvalue weighted by molar-refractivity contribution is 7.86. The summed E-state index contributed by atoms with van der Waals surface area (Å²) in [6.07, 6.45) is 2.31. The molecule has 3 aliphatic rings. The topological polar surface area (TPSA) is 61.8 Å². The molecule has 1 aromatic carbocycles. The minimum absolute atomic E-state index is 0.171. The van der Waals surface area contributed by atoms with Gasteiger partial charge in [0.05, 0.1) is 24.2 Å². The van der Waals surface area contributed by atoms with E-state index in [0.717, 1.165) is 24.8 Å². The minimum Gasteiger partial charge on any atom is -0.347 e. The number of fused-ring (bicyclic) bond motifs is 2. The van der Waals surface area contributed by atoms with Gasteiger partial charge in [-0.25, -0.2) is 0 Å². The summed E-state index contributed by atoms with van der Waals surface area (Å²) in [4.78, 5) is 0.227. The van der Waals surface area contributed by atoms with Crippen LogP contribution in [0.15, 0.2) is 29.2 Å². The van der Waals surface area contributed by atoms with Gasteiger partial charge in [0, 0.05) is 12.3 Å². The Balaban J connectivity index is 1.55. The summed E-state index contributed by atoms with van der Waals surface area (Å²) >= 11 is 0. The zero-order valence-corrected chi connectivity index (χ0v) is 14.9. The van der Waals surface area contributed by atoms with E-state index >= 15 is 0 Å². The van der Waals surface area contributed by atoms with Gasteiger partial charge in [-0.2, -0.15) is 8.42 Å². The van der Waals surface area contributed by atoms with Gasteiger partial charge < -0.3 is 9.47 Å². The summed E-state index contributed by atoms with van der Waals surface area (Å²) in [6.45, 7) is 5.26. The molecule has 24 heavy (non-hydrogen) atoms. The van der Waals surface area contributed by atoms with Crippen LogP contribution in [0.1, 0.15) is 31.7 Å². The van der Waals surface area contributed by atoms with Gasteiger partial charge in [-0.05, 0) is 43.7 Å². The molecule has 2 saturated carbocycles. The average molecular weight is 352 g/mol. The normalized spacial score (nSPS) is 34.8. The van der Waals surface area contributed by atoms with Crippen molar-refractivity contribution in [3.63, 3.8) is 0 Å². The second-order valence-corrected chi connectivity index (χ2v) is 8.93. The molecule has 6 heteroatoms. The molecule has 132 valence electrons. The zero-order valence-electron chi connectivity index (χ0n) is 14.1. The third kappa shape index (κ3) is 2.60. The average Bonchev–Trinajstić information content (AvgIpc) is 3.22. The molecule has 0 unspecified atom stereocenters. The van der Waals surface area contributed by atoms with E-state index in [9.17, 15) is 8.42 Å². The highest BCUT2D eigenvalue weighted by atomic mass is 32.2. The third-order valence-electron chi connectivity index (χ3n) is 5.84. The van der Waals surface area contributed by atoms with Crippen LogP contribution in [0.5, 0.6) is 0 Å². The van der Waals surface area contributed by atoms with E-state index in [1.54, 1.807) is 24.3 Å². The maximum atomic E-state index is 12.7. The van der Waals surface area contributed by atoms with Crippen molar-refractivity contribution in [3.05, 3.63) is 29.8 Å². The van der Waals surface area contributed by atoms with E-state index in [2.05, 4.69) is 6.92 Å². The van der Waals surface area contributed by atoms with Gasteiger partial charge in [0.25, 0.3) is 10.1 Å². The number of ether oxygens (including phenoxy) is 2. The summed E-state index contributed by atoms with van der Waals surface area (Å²) in [5, 5.41) is 0. The van der Waals surface area contributed by atoms with Crippen molar-refractivity contribution in [2.75, 3.05) is 13.2 Å². The Labute approximate surface area is 143 Å². The second kappa shape index (κ2) is 5.80. The lowest BCUT2D eigenvalue weighted by Gasteiger charge is -2.28. The first-order chi connectivity index (χ1) is 11.4. The van der Waals surface area contributed by atoms with Crippen molar-refractivity contribution in [1.29, 1.82) is 0 Å². The molecule has 5 nitrogen and oxygen atoms in total. The largest absolute Gasteiger partial charge is 0.347 e. The maximum Gasteiger partial charge on any atom is 0.297 e. The highest BCUT2D eigenvalue weighted by Gasteiger charge is 2.60. The number of aryl methyl sites for hydroxylation is 1. The summed E-state index contributed by atoms with van der Waals surface area (Å²) in [7, 11) is -3.75. The zero-order chi connectivity index (χ0) is 16.9. The Morgan fingerprint density at radius 1 is 1.17 bits per heavy atom. The molecule has 4 rings (SSSR count). The summed E-state index contributed by atoms with van der Waals surface area (Å²) in [5.41, 5.74) is 1.02. The van der Waals surface area contributed by atoms with Gasteiger partial charge in [0.2, 0.25) is 0 Å². The fraction of sp³-hybridized carbons (Fsp3) is 0.667. The lowest BCUT2D eigenvalue weighted by atomic mass is 9.96.